The topological polar surface area (TPSA) is 60.6 Å². The van der Waals surface area contributed by atoms with Crippen LogP contribution in [0.2, 0.25) is 0 Å². The molecule has 7 heavy (non-hydrogen) atoms. The van der Waals surface area contributed by atoms with Gasteiger partial charge in [-0.3, -0.25) is 0 Å². The Morgan fingerprint density at radius 1 is 1.71 bits per heavy atom. The van der Waals surface area contributed by atoms with Crippen LogP contribution >= 0.6 is 0 Å². The molecule has 0 aliphatic carbocycles. The Balaban J connectivity index is 3.08. The molecule has 0 rings (SSSR count). The van der Waals surface area contributed by atoms with Gasteiger partial charge < -0.3 is 5.41 Å². The molecule has 4 nitrogen and oxygen atoms in total. The molecule has 0 bridgehead atoms. The van der Waals surface area contributed by atoms with E-state index in [2.05, 4.69) is 22.5 Å². The molecule has 2 N–H and O–H groups in total. The Kier molecular flexibility index (Phi) is 3.99. The van der Waals surface area contributed by atoms with Gasteiger partial charge in [0.25, 0.3) is 0 Å². The van der Waals surface area contributed by atoms with E-state index in [4.69, 9.17) is 5.41 Å². The van der Waals surface area contributed by atoms with Gasteiger partial charge in [0.15, 0.2) is 0 Å². The van der Waals surface area contributed by atoms with Crippen LogP contribution in [0.3, 0.4) is 0 Å². The largest absolute Gasteiger partial charge is 0.307 e. The summed E-state index contributed by atoms with van der Waals surface area (Å²) in [6.45, 7) is 3.08. The standard InChI is InChI=1S/C3H6N4/c1-5-7-6-3-2-4/h2-4,7H,1H2. The fourth-order valence-corrected chi connectivity index (χ4v) is 0.111. The molecule has 0 spiro atoms. The summed E-state index contributed by atoms with van der Waals surface area (Å²) >= 11 is 0. The van der Waals surface area contributed by atoms with E-state index in [1.54, 1.807) is 0 Å². The lowest BCUT2D eigenvalue weighted by molar-refractivity contribution is 0.823. The SMILES string of the molecule is C=NNN=CC=N. The van der Waals surface area contributed by atoms with E-state index in [1.807, 2.05) is 0 Å². The van der Waals surface area contributed by atoms with Crippen LogP contribution in [0, 0.1) is 5.41 Å². The first-order valence-electron chi connectivity index (χ1n) is 1.64. The summed E-state index contributed by atoms with van der Waals surface area (Å²) < 4.78 is 0. The van der Waals surface area contributed by atoms with Crippen molar-refractivity contribution in [1.82, 2.24) is 5.53 Å². The molecule has 0 heterocycles. The lowest BCUT2D eigenvalue weighted by atomic mass is 10.8. The molecule has 0 aromatic rings. The van der Waals surface area contributed by atoms with Crippen molar-refractivity contribution in [1.29, 1.82) is 5.41 Å². The molecule has 4 heteroatoms. The molecule has 0 atom stereocenters. The van der Waals surface area contributed by atoms with Crippen LogP contribution < -0.4 is 5.53 Å². The molecule has 0 aliphatic rings. The van der Waals surface area contributed by atoms with Crippen molar-refractivity contribution in [3.05, 3.63) is 0 Å². The van der Waals surface area contributed by atoms with Crippen LogP contribution in [0.1, 0.15) is 0 Å². The summed E-state index contributed by atoms with van der Waals surface area (Å²) in [5.74, 6) is 0. The van der Waals surface area contributed by atoms with Crippen LogP contribution in [0.5, 0.6) is 0 Å². The first kappa shape index (κ1) is 5.81. The predicted octanol–water partition coefficient (Wildman–Crippen LogP) is -0.173. The third-order valence-electron chi connectivity index (χ3n) is 0.278. The van der Waals surface area contributed by atoms with Gasteiger partial charge in [0, 0.05) is 12.9 Å². The minimum Gasteiger partial charge on any atom is -0.307 e. The second-order valence-electron chi connectivity index (χ2n) is 0.703. The molecule has 0 aromatic carbocycles. The molecule has 0 saturated carbocycles. The van der Waals surface area contributed by atoms with Crippen molar-refractivity contribution in [3.8, 4) is 0 Å². The monoisotopic (exact) mass is 98.1 g/mol. The van der Waals surface area contributed by atoms with Crippen LogP contribution in [-0.4, -0.2) is 19.1 Å². The summed E-state index contributed by atoms with van der Waals surface area (Å²) in [5, 5.41) is 12.9. The zero-order valence-corrected chi connectivity index (χ0v) is 3.76. The molecular formula is C3H6N4. The average molecular weight is 98.1 g/mol. The summed E-state index contributed by atoms with van der Waals surface area (Å²) in [5.41, 5.74) is 2.18. The highest BCUT2D eigenvalue weighted by Gasteiger charge is 1.55. The summed E-state index contributed by atoms with van der Waals surface area (Å²) in [4.78, 5) is 0. The fraction of sp³-hybridized carbons (Fsp3) is 0. The van der Waals surface area contributed by atoms with Crippen molar-refractivity contribution < 1.29 is 0 Å². The van der Waals surface area contributed by atoms with E-state index in [0.29, 0.717) is 0 Å². The number of rotatable bonds is 3. The first-order valence-corrected chi connectivity index (χ1v) is 1.64. The van der Waals surface area contributed by atoms with Crippen molar-refractivity contribution in [2.45, 2.75) is 0 Å². The van der Waals surface area contributed by atoms with Crippen molar-refractivity contribution in [3.63, 3.8) is 0 Å². The van der Waals surface area contributed by atoms with Crippen LogP contribution in [0.15, 0.2) is 10.2 Å². The Hall–Kier alpha value is -1.19. The maximum Gasteiger partial charge on any atom is 0.0664 e. The molecule has 0 unspecified atom stereocenters. The van der Waals surface area contributed by atoms with E-state index >= 15 is 0 Å². The maximum absolute atomic E-state index is 6.40. The Bertz CT molecular complexity index is 84.9. The molecule has 0 aromatic heterocycles. The smallest absolute Gasteiger partial charge is 0.0664 e. The Morgan fingerprint density at radius 2 is 2.43 bits per heavy atom. The summed E-state index contributed by atoms with van der Waals surface area (Å²) in [7, 11) is 0. The minimum atomic E-state index is 1.04. The molecule has 0 radical (unpaired) electrons. The quantitative estimate of drug-likeness (QED) is 0.373. The van der Waals surface area contributed by atoms with Gasteiger partial charge in [-0.2, -0.15) is 15.7 Å². The van der Waals surface area contributed by atoms with Crippen molar-refractivity contribution >= 4 is 19.1 Å². The highest BCUT2D eigenvalue weighted by Crippen LogP contribution is 1.49. The van der Waals surface area contributed by atoms with E-state index in [9.17, 15) is 0 Å². The van der Waals surface area contributed by atoms with Crippen LogP contribution in [-0.2, 0) is 0 Å². The highest BCUT2D eigenvalue weighted by atomic mass is 15.5. The lowest BCUT2D eigenvalue weighted by Crippen LogP contribution is -1.91. The number of hydrogen-bond acceptors (Lipinski definition) is 4. The van der Waals surface area contributed by atoms with Gasteiger partial charge in [0.05, 0.1) is 6.21 Å². The maximum atomic E-state index is 6.40. The first-order chi connectivity index (χ1) is 3.41. The van der Waals surface area contributed by atoms with E-state index < -0.39 is 0 Å². The second kappa shape index (κ2) is 4.81. The predicted molar refractivity (Wildman–Crippen MR) is 30.0 cm³/mol. The zero-order valence-electron chi connectivity index (χ0n) is 3.76. The van der Waals surface area contributed by atoms with Gasteiger partial charge in [-0.25, -0.2) is 0 Å². The van der Waals surface area contributed by atoms with Gasteiger partial charge >= 0.3 is 0 Å². The summed E-state index contributed by atoms with van der Waals surface area (Å²) in [6, 6.07) is 0. The number of nitrogens with zero attached hydrogens (tertiary/aromatic N) is 2. The third-order valence-corrected chi connectivity index (χ3v) is 0.278. The molecule has 0 amide bonds. The highest BCUT2D eigenvalue weighted by molar-refractivity contribution is 6.14. The van der Waals surface area contributed by atoms with Crippen molar-refractivity contribution in [2.24, 2.45) is 10.2 Å². The van der Waals surface area contributed by atoms with Crippen molar-refractivity contribution in [2.75, 3.05) is 0 Å². The van der Waals surface area contributed by atoms with Crippen LogP contribution in [0.25, 0.3) is 0 Å². The number of hydrogen-bond donors (Lipinski definition) is 2. The molecule has 0 saturated heterocycles. The lowest BCUT2D eigenvalue weighted by Gasteiger charge is -1.78. The zero-order chi connectivity index (χ0) is 5.54. The van der Waals surface area contributed by atoms with Gasteiger partial charge in [0.1, 0.15) is 0 Å². The molecular weight excluding hydrogens is 92.1 g/mol. The van der Waals surface area contributed by atoms with E-state index in [1.165, 1.54) is 6.21 Å². The fourth-order valence-electron chi connectivity index (χ4n) is 0.111. The van der Waals surface area contributed by atoms with E-state index in [0.717, 1.165) is 6.21 Å². The molecule has 0 fully saturated rings. The Labute approximate surface area is 41.4 Å². The van der Waals surface area contributed by atoms with Gasteiger partial charge in [0.2, 0.25) is 0 Å². The number of hydrazone groups is 2. The van der Waals surface area contributed by atoms with Crippen LogP contribution in [0.4, 0.5) is 0 Å². The third kappa shape index (κ3) is 4.81. The van der Waals surface area contributed by atoms with Gasteiger partial charge in [-0.15, -0.1) is 0 Å². The average Bonchev–Trinajstić information content (AvgIpc) is 1.69. The van der Waals surface area contributed by atoms with Gasteiger partial charge in [-0.05, 0) is 0 Å². The van der Waals surface area contributed by atoms with E-state index in [-0.39, 0.29) is 0 Å². The second-order valence-corrected chi connectivity index (χ2v) is 0.703. The molecule has 38 valence electrons. The normalized spacial score (nSPS) is 8.57. The molecule has 0 aliphatic heterocycles. The van der Waals surface area contributed by atoms with Gasteiger partial charge in [-0.1, -0.05) is 0 Å². The minimum absolute atomic E-state index is 1.04. The summed E-state index contributed by atoms with van der Waals surface area (Å²) in [6.07, 6.45) is 2.30. The Morgan fingerprint density at radius 3 is 2.86 bits per heavy atom. The number of nitrogens with one attached hydrogen (secondary N) is 2.